The molecule has 2 bridgehead atoms. The summed E-state index contributed by atoms with van der Waals surface area (Å²) in [6.45, 7) is 1.66. The number of aromatic nitrogens is 1. The predicted molar refractivity (Wildman–Crippen MR) is 112 cm³/mol. The summed E-state index contributed by atoms with van der Waals surface area (Å²) >= 11 is 0. The third-order valence-corrected chi connectivity index (χ3v) is 6.66. The van der Waals surface area contributed by atoms with Gasteiger partial charge in [-0.3, -0.25) is 9.59 Å². The van der Waals surface area contributed by atoms with Crippen molar-refractivity contribution in [3.8, 4) is 0 Å². The van der Waals surface area contributed by atoms with Crippen molar-refractivity contribution in [2.45, 2.75) is 63.6 Å². The smallest absolute Gasteiger partial charge is 0.242 e. The van der Waals surface area contributed by atoms with Crippen molar-refractivity contribution in [3.05, 3.63) is 52.7 Å². The standard InChI is InChI=1S/C23H27F3N4O3/c1-12-4-17(33-29-12)9-22(31)28-11-23(32)30-15-2-3-16(30)6-14(5-15)21(27)8-13-7-19(25)20(26)10-18(13)24/h4,7,10,14-16,21H,2-3,5-6,8-9,11,27H2,1H3,(H,28,31)/t14?,15-,16+,21-/m1/s1. The molecular formula is C23H27F3N4O3. The van der Waals surface area contributed by atoms with Crippen LogP contribution < -0.4 is 11.1 Å². The highest BCUT2D eigenvalue weighted by molar-refractivity contribution is 5.86. The van der Waals surface area contributed by atoms with Gasteiger partial charge in [0.15, 0.2) is 11.6 Å². The Morgan fingerprint density at radius 2 is 1.82 bits per heavy atom. The van der Waals surface area contributed by atoms with Crippen LogP contribution in [0.15, 0.2) is 22.7 Å². The van der Waals surface area contributed by atoms with Gasteiger partial charge in [0, 0.05) is 30.3 Å². The molecule has 2 saturated heterocycles. The van der Waals surface area contributed by atoms with Gasteiger partial charge in [0.05, 0.1) is 18.7 Å². The highest BCUT2D eigenvalue weighted by Gasteiger charge is 2.44. The summed E-state index contributed by atoms with van der Waals surface area (Å²) in [6, 6.07) is 2.63. The lowest BCUT2D eigenvalue weighted by molar-refractivity contribution is -0.137. The number of nitrogens with two attached hydrogens (primary N) is 1. The van der Waals surface area contributed by atoms with Gasteiger partial charge in [0.2, 0.25) is 11.8 Å². The van der Waals surface area contributed by atoms with Gasteiger partial charge in [-0.25, -0.2) is 13.2 Å². The number of hydrogen-bond acceptors (Lipinski definition) is 5. The summed E-state index contributed by atoms with van der Waals surface area (Å²) in [5, 5.41) is 6.37. The second kappa shape index (κ2) is 9.54. The average molecular weight is 464 g/mol. The van der Waals surface area contributed by atoms with Crippen molar-refractivity contribution in [1.29, 1.82) is 0 Å². The molecule has 3 heterocycles. The lowest BCUT2D eigenvalue weighted by Gasteiger charge is -2.41. The second-order valence-corrected chi connectivity index (χ2v) is 9.03. The lowest BCUT2D eigenvalue weighted by atomic mass is 9.82. The predicted octanol–water partition coefficient (Wildman–Crippen LogP) is 2.40. The molecule has 0 saturated carbocycles. The van der Waals surface area contributed by atoms with Crippen molar-refractivity contribution in [1.82, 2.24) is 15.4 Å². The zero-order valence-electron chi connectivity index (χ0n) is 18.3. The minimum absolute atomic E-state index is 0.00377. The fourth-order valence-electron chi connectivity index (χ4n) is 5.10. The van der Waals surface area contributed by atoms with Gasteiger partial charge in [-0.05, 0) is 56.6 Å². The number of carbonyl (C=O) groups is 2. The molecule has 1 aromatic carbocycles. The Morgan fingerprint density at radius 1 is 1.15 bits per heavy atom. The van der Waals surface area contributed by atoms with Crippen molar-refractivity contribution in [2.24, 2.45) is 11.7 Å². The van der Waals surface area contributed by atoms with Crippen LogP contribution >= 0.6 is 0 Å². The Balaban J connectivity index is 1.30. The molecule has 0 spiro atoms. The Labute approximate surface area is 189 Å². The number of aryl methyl sites for hydroxylation is 1. The summed E-state index contributed by atoms with van der Waals surface area (Å²) in [5.74, 6) is -3.14. The molecule has 1 aromatic heterocycles. The molecule has 33 heavy (non-hydrogen) atoms. The van der Waals surface area contributed by atoms with Crippen molar-refractivity contribution < 1.29 is 27.3 Å². The van der Waals surface area contributed by atoms with E-state index in [9.17, 15) is 22.8 Å². The number of fused-ring (bicyclic) bond motifs is 2. The molecule has 2 aliphatic heterocycles. The van der Waals surface area contributed by atoms with Gasteiger partial charge in [-0.1, -0.05) is 5.16 Å². The van der Waals surface area contributed by atoms with Crippen LogP contribution in [0.3, 0.4) is 0 Å². The first-order chi connectivity index (χ1) is 15.7. The number of amides is 2. The first-order valence-corrected chi connectivity index (χ1v) is 11.1. The zero-order chi connectivity index (χ0) is 23.7. The van der Waals surface area contributed by atoms with Gasteiger partial charge in [-0.2, -0.15) is 0 Å². The molecule has 3 N–H and O–H groups in total. The minimum Gasteiger partial charge on any atom is -0.361 e. The normalized spacial score (nSPS) is 22.9. The Hall–Kier alpha value is -2.88. The van der Waals surface area contributed by atoms with Crippen molar-refractivity contribution in [3.63, 3.8) is 0 Å². The van der Waals surface area contributed by atoms with Gasteiger partial charge in [0.25, 0.3) is 0 Å². The van der Waals surface area contributed by atoms with Crippen LogP contribution in [0.4, 0.5) is 13.2 Å². The fourth-order valence-corrected chi connectivity index (χ4v) is 5.10. The van der Waals surface area contributed by atoms with Gasteiger partial charge >= 0.3 is 0 Å². The molecule has 2 fully saturated rings. The number of carbonyl (C=O) groups excluding carboxylic acids is 2. The molecule has 10 heteroatoms. The van der Waals surface area contributed by atoms with E-state index in [1.54, 1.807) is 13.0 Å². The topological polar surface area (TPSA) is 101 Å². The summed E-state index contributed by atoms with van der Waals surface area (Å²) in [6.07, 6.45) is 3.09. The third kappa shape index (κ3) is 5.21. The van der Waals surface area contributed by atoms with Crippen LogP contribution in [0.5, 0.6) is 0 Å². The number of nitrogens with one attached hydrogen (secondary N) is 1. The maximum absolute atomic E-state index is 14.0. The molecule has 0 radical (unpaired) electrons. The Kier molecular flexibility index (Phi) is 6.73. The Bertz CT molecular complexity index is 1030. The monoisotopic (exact) mass is 464 g/mol. The van der Waals surface area contributed by atoms with Crippen LogP contribution in [-0.4, -0.2) is 46.5 Å². The third-order valence-electron chi connectivity index (χ3n) is 6.66. The Morgan fingerprint density at radius 3 is 2.45 bits per heavy atom. The van der Waals surface area contributed by atoms with Crippen molar-refractivity contribution in [2.75, 3.05) is 6.54 Å². The molecule has 2 aromatic rings. The molecular weight excluding hydrogens is 437 g/mol. The quantitative estimate of drug-likeness (QED) is 0.613. The van der Waals surface area contributed by atoms with Crippen LogP contribution in [-0.2, 0) is 22.4 Å². The molecule has 4 atom stereocenters. The zero-order valence-corrected chi connectivity index (χ0v) is 18.3. The van der Waals surface area contributed by atoms with E-state index < -0.39 is 23.5 Å². The molecule has 1 unspecified atom stereocenters. The molecule has 7 nitrogen and oxygen atoms in total. The summed E-state index contributed by atoms with van der Waals surface area (Å²) in [4.78, 5) is 26.8. The van der Waals surface area contributed by atoms with E-state index in [0.29, 0.717) is 30.4 Å². The SMILES string of the molecule is Cc1cc(CC(=O)NCC(=O)N2[C@@H]3CC[C@H]2CC([C@H](N)Cc2cc(F)c(F)cc2F)C3)on1. The lowest BCUT2D eigenvalue weighted by Crippen LogP contribution is -2.52. The first-order valence-electron chi connectivity index (χ1n) is 11.1. The van der Waals surface area contributed by atoms with Crippen LogP contribution in [0.1, 0.15) is 42.7 Å². The summed E-state index contributed by atoms with van der Waals surface area (Å²) in [5.41, 5.74) is 7.06. The van der Waals surface area contributed by atoms with Gasteiger partial charge in [-0.15, -0.1) is 0 Å². The highest BCUT2D eigenvalue weighted by Crippen LogP contribution is 2.40. The second-order valence-electron chi connectivity index (χ2n) is 9.03. The minimum atomic E-state index is -1.22. The number of nitrogens with zero attached hydrogens (tertiary/aromatic N) is 2. The molecule has 2 aliphatic rings. The van der Waals surface area contributed by atoms with E-state index in [0.717, 1.165) is 18.9 Å². The molecule has 2 amide bonds. The number of hydrogen-bond donors (Lipinski definition) is 2. The number of benzene rings is 1. The molecule has 178 valence electrons. The summed E-state index contributed by atoms with van der Waals surface area (Å²) < 4.78 is 45.7. The van der Waals surface area contributed by atoms with Crippen LogP contribution in [0, 0.1) is 30.3 Å². The van der Waals surface area contributed by atoms with E-state index in [1.807, 2.05) is 4.90 Å². The highest BCUT2D eigenvalue weighted by atomic mass is 19.2. The first kappa shape index (κ1) is 23.3. The number of piperidine rings is 1. The van der Waals surface area contributed by atoms with Crippen LogP contribution in [0.2, 0.25) is 0 Å². The number of rotatable bonds is 7. The van der Waals surface area contributed by atoms with Gasteiger partial charge < -0.3 is 20.5 Å². The largest absolute Gasteiger partial charge is 0.361 e. The van der Waals surface area contributed by atoms with E-state index in [-0.39, 0.29) is 54.8 Å². The maximum atomic E-state index is 14.0. The average Bonchev–Trinajstić information content (AvgIpc) is 3.29. The fraction of sp³-hybridized carbons (Fsp3) is 0.522. The van der Waals surface area contributed by atoms with Gasteiger partial charge in [0.1, 0.15) is 11.6 Å². The number of halogens is 3. The van der Waals surface area contributed by atoms with Crippen molar-refractivity contribution >= 4 is 11.8 Å². The van der Waals surface area contributed by atoms with E-state index in [1.165, 1.54) is 0 Å². The van der Waals surface area contributed by atoms with Crippen LogP contribution in [0.25, 0.3) is 0 Å². The maximum Gasteiger partial charge on any atom is 0.242 e. The van der Waals surface area contributed by atoms with E-state index in [2.05, 4.69) is 10.5 Å². The van der Waals surface area contributed by atoms with E-state index >= 15 is 0 Å². The molecule has 4 rings (SSSR count). The molecule has 0 aliphatic carbocycles. The summed E-state index contributed by atoms with van der Waals surface area (Å²) in [7, 11) is 0. The van der Waals surface area contributed by atoms with E-state index in [4.69, 9.17) is 10.3 Å².